The lowest BCUT2D eigenvalue weighted by molar-refractivity contribution is 0.224. The lowest BCUT2D eigenvalue weighted by Crippen LogP contribution is -2.13. The molecule has 5 heteroatoms. The predicted octanol–water partition coefficient (Wildman–Crippen LogP) is 14.1. The molecule has 2 aromatic heterocycles. The van der Waals surface area contributed by atoms with Gasteiger partial charge in [-0.1, -0.05) is 170 Å². The molecule has 0 spiro atoms. The highest BCUT2D eigenvalue weighted by Crippen LogP contribution is 2.53. The summed E-state index contributed by atoms with van der Waals surface area (Å²) in [5.41, 5.74) is 15.5. The second-order valence-corrected chi connectivity index (χ2v) is 15.9. The molecule has 12 rings (SSSR count). The van der Waals surface area contributed by atoms with E-state index in [-0.39, 0.29) is 12.0 Å². The van der Waals surface area contributed by atoms with Crippen molar-refractivity contribution in [1.29, 1.82) is 0 Å². The first-order valence-corrected chi connectivity index (χ1v) is 21.1. The quantitative estimate of drug-likeness (QED) is 0.161. The van der Waals surface area contributed by atoms with Crippen molar-refractivity contribution >= 4 is 17.0 Å². The van der Waals surface area contributed by atoms with Gasteiger partial charge in [0.2, 0.25) is 0 Å². The van der Waals surface area contributed by atoms with E-state index in [1.807, 2.05) is 12.1 Å². The Morgan fingerprint density at radius 2 is 0.887 bits per heavy atom. The number of benzene rings is 8. The summed E-state index contributed by atoms with van der Waals surface area (Å²) in [6.07, 6.45) is 4.51. The van der Waals surface area contributed by atoms with E-state index < -0.39 is 0 Å². The van der Waals surface area contributed by atoms with Gasteiger partial charge in [0.15, 0.2) is 17.5 Å². The smallest absolute Gasteiger partial charge is 0.164 e. The summed E-state index contributed by atoms with van der Waals surface area (Å²) in [5, 5.41) is 1.23. The highest BCUT2D eigenvalue weighted by Gasteiger charge is 2.40. The second kappa shape index (κ2) is 14.8. The van der Waals surface area contributed by atoms with E-state index in [1.54, 1.807) is 0 Å². The number of para-hydroxylation sites is 2. The Hall–Kier alpha value is -8.15. The van der Waals surface area contributed by atoms with Crippen molar-refractivity contribution in [2.24, 2.45) is 0 Å². The van der Waals surface area contributed by atoms with Crippen LogP contribution in [-0.4, -0.2) is 19.5 Å². The highest BCUT2D eigenvalue weighted by atomic mass is 16.5. The van der Waals surface area contributed by atoms with Crippen molar-refractivity contribution in [3.05, 3.63) is 229 Å². The van der Waals surface area contributed by atoms with Crippen molar-refractivity contribution in [3.8, 4) is 79.0 Å². The van der Waals surface area contributed by atoms with Crippen LogP contribution in [0.5, 0.6) is 5.75 Å². The van der Waals surface area contributed by atoms with Gasteiger partial charge in [-0.2, -0.15) is 0 Å². The van der Waals surface area contributed by atoms with Gasteiger partial charge in [-0.25, -0.2) is 15.0 Å². The molecule has 2 unspecified atom stereocenters. The fourth-order valence-corrected chi connectivity index (χ4v) is 9.22. The van der Waals surface area contributed by atoms with Crippen LogP contribution in [0.3, 0.4) is 0 Å². The monoisotopic (exact) mass is 794 g/mol. The number of fused-ring (bicyclic) bond motifs is 7. The Balaban J connectivity index is 0.899. The van der Waals surface area contributed by atoms with E-state index in [2.05, 4.69) is 211 Å². The molecule has 0 saturated heterocycles. The minimum atomic E-state index is -0.105. The van der Waals surface area contributed by atoms with E-state index in [4.69, 9.17) is 19.7 Å². The molecule has 8 aromatic carbocycles. The molecule has 2 atom stereocenters. The summed E-state index contributed by atoms with van der Waals surface area (Å²) < 4.78 is 9.20. The minimum Gasteiger partial charge on any atom is -0.484 e. The molecule has 1 aliphatic heterocycles. The zero-order valence-electron chi connectivity index (χ0n) is 33.6. The Kier molecular flexibility index (Phi) is 8.56. The fraction of sp³-hybridized carbons (Fsp3) is 0.0351. The third-order valence-corrected chi connectivity index (χ3v) is 12.2. The Morgan fingerprint density at radius 1 is 0.403 bits per heavy atom. The van der Waals surface area contributed by atoms with Crippen LogP contribution in [0.25, 0.3) is 90.2 Å². The van der Waals surface area contributed by atoms with Crippen LogP contribution in [0.4, 0.5) is 0 Å². The van der Waals surface area contributed by atoms with E-state index >= 15 is 0 Å². The number of aromatic nitrogens is 4. The largest absolute Gasteiger partial charge is 0.484 e. The third kappa shape index (κ3) is 6.22. The molecule has 3 heterocycles. The first-order chi connectivity index (χ1) is 30.7. The van der Waals surface area contributed by atoms with Crippen molar-refractivity contribution in [1.82, 2.24) is 19.5 Å². The van der Waals surface area contributed by atoms with Gasteiger partial charge in [0.1, 0.15) is 11.9 Å². The molecule has 5 nitrogen and oxygen atoms in total. The zero-order valence-corrected chi connectivity index (χ0v) is 33.6. The molecule has 0 N–H and O–H groups in total. The van der Waals surface area contributed by atoms with Gasteiger partial charge < -0.3 is 9.30 Å². The molecular weight excluding hydrogens is 757 g/mol. The Morgan fingerprint density at radius 3 is 1.53 bits per heavy atom. The van der Waals surface area contributed by atoms with Gasteiger partial charge in [-0.05, 0) is 81.9 Å². The molecular formula is C57H38N4O. The predicted molar refractivity (Wildman–Crippen MR) is 251 cm³/mol. The van der Waals surface area contributed by atoms with Crippen LogP contribution in [0.15, 0.2) is 212 Å². The molecule has 62 heavy (non-hydrogen) atoms. The highest BCUT2D eigenvalue weighted by molar-refractivity contribution is 5.92. The lowest BCUT2D eigenvalue weighted by atomic mass is 9.85. The summed E-state index contributed by atoms with van der Waals surface area (Å²) >= 11 is 0. The SMILES string of the molecule is C1=CC2c3cc(-c4ccc(-c5nc(-c6cccc(-c7ccccc7)c6)nc(-c6cccc(-c7ccccc7)c6)n5)cc4)ccc3OC2c2c1n(-c1ccccc1)c1ccccc21. The average molecular weight is 795 g/mol. The van der Waals surface area contributed by atoms with Gasteiger partial charge >= 0.3 is 0 Å². The molecule has 1 aliphatic carbocycles. The first-order valence-electron chi connectivity index (χ1n) is 21.1. The summed E-state index contributed by atoms with van der Waals surface area (Å²) in [7, 11) is 0. The summed E-state index contributed by atoms with van der Waals surface area (Å²) in [5.74, 6) is 2.91. The van der Waals surface area contributed by atoms with Gasteiger partial charge in [-0.3, -0.25) is 0 Å². The maximum Gasteiger partial charge on any atom is 0.164 e. The summed E-state index contributed by atoms with van der Waals surface area (Å²) in [6, 6.07) is 72.1. The number of hydrogen-bond donors (Lipinski definition) is 0. The first kappa shape index (κ1) is 35.8. The van der Waals surface area contributed by atoms with Crippen LogP contribution < -0.4 is 4.74 Å². The topological polar surface area (TPSA) is 52.8 Å². The van der Waals surface area contributed by atoms with Crippen LogP contribution >= 0.6 is 0 Å². The number of nitrogens with zero attached hydrogens (tertiary/aromatic N) is 4. The summed E-state index contributed by atoms with van der Waals surface area (Å²) in [6.45, 7) is 0. The van der Waals surface area contributed by atoms with Crippen molar-refractivity contribution in [2.45, 2.75) is 12.0 Å². The molecule has 0 amide bonds. The molecule has 0 radical (unpaired) electrons. The van der Waals surface area contributed by atoms with Crippen LogP contribution in [-0.2, 0) is 0 Å². The van der Waals surface area contributed by atoms with Gasteiger partial charge in [0, 0.05) is 44.8 Å². The molecule has 0 saturated carbocycles. The van der Waals surface area contributed by atoms with E-state index in [0.717, 1.165) is 61.5 Å². The average Bonchev–Trinajstić information content (AvgIpc) is 3.90. The number of hydrogen-bond acceptors (Lipinski definition) is 4. The standard InChI is InChI=1S/C57H38N4O/c1-4-14-37(15-5-1)41-18-12-20-44(34-41)56-58-55(59-57(60-56)45-21-13-19-42(35-45)38-16-6-2-7-17-38)40-28-26-39(27-29-40)43-30-33-52-49(36-43)47-31-32-51-53(54(47)62-52)48-24-10-11-25-50(48)61(51)46-22-8-3-9-23-46/h1-36,47,54H. The Bertz CT molecular complexity index is 3220. The van der Waals surface area contributed by atoms with E-state index in [0.29, 0.717) is 17.5 Å². The molecule has 10 aromatic rings. The van der Waals surface area contributed by atoms with Gasteiger partial charge in [0.25, 0.3) is 0 Å². The molecule has 292 valence electrons. The van der Waals surface area contributed by atoms with Crippen molar-refractivity contribution in [3.63, 3.8) is 0 Å². The zero-order chi connectivity index (χ0) is 41.0. The summed E-state index contributed by atoms with van der Waals surface area (Å²) in [4.78, 5) is 15.4. The molecule has 0 bridgehead atoms. The number of rotatable bonds is 7. The lowest BCUT2D eigenvalue weighted by Gasteiger charge is -2.22. The van der Waals surface area contributed by atoms with Crippen molar-refractivity contribution < 1.29 is 4.74 Å². The second-order valence-electron chi connectivity index (χ2n) is 15.9. The van der Waals surface area contributed by atoms with E-state index in [1.165, 1.54) is 27.7 Å². The van der Waals surface area contributed by atoms with Crippen LogP contribution in [0.2, 0.25) is 0 Å². The van der Waals surface area contributed by atoms with Crippen LogP contribution in [0.1, 0.15) is 28.8 Å². The fourth-order valence-electron chi connectivity index (χ4n) is 9.22. The van der Waals surface area contributed by atoms with Gasteiger partial charge in [-0.15, -0.1) is 0 Å². The van der Waals surface area contributed by atoms with Crippen LogP contribution in [0, 0.1) is 0 Å². The number of ether oxygens (including phenoxy) is 1. The maximum absolute atomic E-state index is 6.84. The Labute approximate surface area is 360 Å². The third-order valence-electron chi connectivity index (χ3n) is 12.2. The molecule has 2 aliphatic rings. The van der Waals surface area contributed by atoms with Crippen molar-refractivity contribution in [2.75, 3.05) is 0 Å². The van der Waals surface area contributed by atoms with E-state index in [9.17, 15) is 0 Å². The normalized spacial score (nSPS) is 14.8. The van der Waals surface area contributed by atoms with Gasteiger partial charge in [0.05, 0.1) is 11.2 Å². The minimum absolute atomic E-state index is 0.105. The maximum atomic E-state index is 6.84. The molecule has 0 fully saturated rings.